The molecule has 2 amide bonds. The minimum Gasteiger partial charge on any atom is -0.480 e. The summed E-state index contributed by atoms with van der Waals surface area (Å²) in [5, 5.41) is 9.40. The zero-order valence-electron chi connectivity index (χ0n) is 13.3. The van der Waals surface area contributed by atoms with E-state index in [1.807, 2.05) is 20.8 Å². The Hall–Kier alpha value is -1.26. The third-order valence-corrected chi connectivity index (χ3v) is 4.88. The zero-order chi connectivity index (χ0) is 15.5. The molecule has 1 aliphatic heterocycles. The average molecular weight is 284 g/mol. The Morgan fingerprint density at radius 1 is 1.35 bits per heavy atom. The van der Waals surface area contributed by atoms with Crippen LogP contribution in [-0.2, 0) is 4.79 Å². The van der Waals surface area contributed by atoms with E-state index in [0.717, 1.165) is 19.3 Å². The molecular weight excluding hydrogens is 256 g/mol. The van der Waals surface area contributed by atoms with Crippen molar-refractivity contribution in [2.75, 3.05) is 13.6 Å². The number of amides is 2. The van der Waals surface area contributed by atoms with E-state index in [9.17, 15) is 14.7 Å². The van der Waals surface area contributed by atoms with Crippen molar-refractivity contribution in [1.82, 2.24) is 9.80 Å². The molecule has 1 fully saturated rings. The summed E-state index contributed by atoms with van der Waals surface area (Å²) in [7, 11) is 1.76. The van der Waals surface area contributed by atoms with Crippen LogP contribution in [0.2, 0.25) is 0 Å². The number of aliphatic carboxylic acids is 1. The minimum atomic E-state index is -0.890. The highest BCUT2D eigenvalue weighted by molar-refractivity contribution is 5.83. The molecule has 0 bridgehead atoms. The molecule has 1 N–H and O–H groups in total. The van der Waals surface area contributed by atoms with Crippen molar-refractivity contribution in [3.05, 3.63) is 0 Å². The fraction of sp³-hybridized carbons (Fsp3) is 0.867. The standard InChI is InChI=1S/C15H28N2O3/c1-6-11-8-9-17(12(10-11)13(18)19)14(20)16(5)15(3,4)7-2/h11-12H,6-10H2,1-5H3,(H,18,19). The second-order valence-electron chi connectivity index (χ2n) is 6.35. The van der Waals surface area contributed by atoms with Gasteiger partial charge in [0.1, 0.15) is 6.04 Å². The lowest BCUT2D eigenvalue weighted by molar-refractivity contribution is -0.144. The van der Waals surface area contributed by atoms with Gasteiger partial charge < -0.3 is 14.9 Å². The minimum absolute atomic E-state index is 0.168. The molecule has 5 heteroatoms. The van der Waals surface area contributed by atoms with Crippen molar-refractivity contribution < 1.29 is 14.7 Å². The summed E-state index contributed by atoms with van der Waals surface area (Å²) in [5.41, 5.74) is -0.262. The van der Waals surface area contributed by atoms with E-state index in [4.69, 9.17) is 0 Å². The number of rotatable bonds is 4. The monoisotopic (exact) mass is 284 g/mol. The van der Waals surface area contributed by atoms with Crippen LogP contribution in [0.15, 0.2) is 0 Å². The fourth-order valence-corrected chi connectivity index (χ4v) is 2.56. The summed E-state index contributed by atoms with van der Waals surface area (Å²) in [5.74, 6) is -0.483. The van der Waals surface area contributed by atoms with E-state index < -0.39 is 12.0 Å². The molecule has 0 aromatic heterocycles. The molecule has 0 radical (unpaired) electrons. The summed E-state index contributed by atoms with van der Waals surface area (Å²) >= 11 is 0. The highest BCUT2D eigenvalue weighted by Gasteiger charge is 2.39. The molecule has 1 heterocycles. The predicted molar refractivity (Wildman–Crippen MR) is 78.7 cm³/mol. The lowest BCUT2D eigenvalue weighted by Gasteiger charge is -2.43. The van der Waals surface area contributed by atoms with Gasteiger partial charge in [-0.3, -0.25) is 0 Å². The van der Waals surface area contributed by atoms with Gasteiger partial charge >= 0.3 is 12.0 Å². The molecule has 2 atom stereocenters. The number of carbonyl (C=O) groups excluding carboxylic acids is 1. The number of urea groups is 1. The Bertz CT molecular complexity index is 368. The topological polar surface area (TPSA) is 60.9 Å². The van der Waals surface area contributed by atoms with E-state index >= 15 is 0 Å². The first kappa shape index (κ1) is 16.8. The molecule has 1 saturated heterocycles. The summed E-state index contributed by atoms with van der Waals surface area (Å²) in [6.45, 7) is 8.65. The largest absolute Gasteiger partial charge is 0.480 e. The third-order valence-electron chi connectivity index (χ3n) is 4.88. The number of carboxylic acids is 1. The third kappa shape index (κ3) is 3.44. The normalized spacial score (nSPS) is 23.6. The van der Waals surface area contributed by atoms with Gasteiger partial charge in [0, 0.05) is 19.1 Å². The summed E-state index contributed by atoms with van der Waals surface area (Å²) in [6, 6.07) is -0.852. The molecular formula is C15H28N2O3. The van der Waals surface area contributed by atoms with Gasteiger partial charge in [-0.2, -0.15) is 0 Å². The van der Waals surface area contributed by atoms with Crippen LogP contribution in [0.3, 0.4) is 0 Å². The molecule has 0 aromatic rings. The van der Waals surface area contributed by atoms with Crippen LogP contribution in [0.5, 0.6) is 0 Å². The first-order valence-electron chi connectivity index (χ1n) is 7.51. The van der Waals surface area contributed by atoms with Crippen molar-refractivity contribution in [3.63, 3.8) is 0 Å². The molecule has 1 aliphatic rings. The summed E-state index contributed by atoms with van der Waals surface area (Å²) in [4.78, 5) is 27.3. The number of nitrogens with zero attached hydrogens (tertiary/aromatic N) is 2. The van der Waals surface area contributed by atoms with Crippen LogP contribution in [0.1, 0.15) is 53.4 Å². The molecule has 2 unspecified atom stereocenters. The van der Waals surface area contributed by atoms with E-state index in [2.05, 4.69) is 6.92 Å². The lowest BCUT2D eigenvalue weighted by Crippen LogP contribution is -2.57. The number of hydrogen-bond acceptors (Lipinski definition) is 2. The maximum Gasteiger partial charge on any atom is 0.326 e. The van der Waals surface area contributed by atoms with Gasteiger partial charge in [0.25, 0.3) is 0 Å². The van der Waals surface area contributed by atoms with Crippen molar-refractivity contribution in [3.8, 4) is 0 Å². The SMILES string of the molecule is CCC1CCN(C(=O)N(C)C(C)(C)CC)C(C(=O)O)C1. The van der Waals surface area contributed by atoms with Gasteiger partial charge in [-0.15, -0.1) is 0 Å². The second-order valence-corrected chi connectivity index (χ2v) is 6.35. The maximum absolute atomic E-state index is 12.6. The van der Waals surface area contributed by atoms with Crippen LogP contribution in [0, 0.1) is 5.92 Å². The molecule has 0 saturated carbocycles. The van der Waals surface area contributed by atoms with E-state index in [0.29, 0.717) is 18.9 Å². The lowest BCUT2D eigenvalue weighted by atomic mass is 9.89. The molecule has 116 valence electrons. The Labute approximate surface area is 121 Å². The summed E-state index contributed by atoms with van der Waals surface area (Å²) < 4.78 is 0. The number of piperidine rings is 1. The number of carboxylic acid groups (broad SMARTS) is 1. The molecule has 0 aliphatic carbocycles. The Morgan fingerprint density at radius 2 is 1.95 bits per heavy atom. The quantitative estimate of drug-likeness (QED) is 0.863. The second kappa shape index (κ2) is 6.46. The van der Waals surface area contributed by atoms with Crippen LogP contribution in [-0.4, -0.2) is 52.1 Å². The van der Waals surface area contributed by atoms with Gasteiger partial charge in [0.2, 0.25) is 0 Å². The van der Waals surface area contributed by atoms with Crippen molar-refractivity contribution in [2.45, 2.75) is 65.0 Å². The van der Waals surface area contributed by atoms with Crippen molar-refractivity contribution >= 4 is 12.0 Å². The van der Waals surface area contributed by atoms with Gasteiger partial charge in [0.15, 0.2) is 0 Å². The van der Waals surface area contributed by atoms with Crippen LogP contribution in [0.4, 0.5) is 4.79 Å². The number of hydrogen-bond donors (Lipinski definition) is 1. The first-order valence-corrected chi connectivity index (χ1v) is 7.51. The summed E-state index contributed by atoms with van der Waals surface area (Å²) in [6.07, 6.45) is 3.27. The molecule has 0 aromatic carbocycles. The van der Waals surface area contributed by atoms with Crippen LogP contribution < -0.4 is 0 Å². The molecule has 5 nitrogen and oxygen atoms in total. The van der Waals surface area contributed by atoms with Crippen molar-refractivity contribution in [1.29, 1.82) is 0 Å². The van der Waals surface area contributed by atoms with Crippen molar-refractivity contribution in [2.24, 2.45) is 5.92 Å². The maximum atomic E-state index is 12.6. The van der Waals surface area contributed by atoms with Crippen LogP contribution in [0.25, 0.3) is 0 Å². The average Bonchev–Trinajstić information content (AvgIpc) is 2.44. The van der Waals surface area contributed by atoms with Crippen LogP contribution >= 0.6 is 0 Å². The molecule has 0 spiro atoms. The number of carbonyl (C=O) groups is 2. The fourth-order valence-electron chi connectivity index (χ4n) is 2.56. The van der Waals surface area contributed by atoms with Gasteiger partial charge in [-0.25, -0.2) is 9.59 Å². The highest BCUT2D eigenvalue weighted by atomic mass is 16.4. The highest BCUT2D eigenvalue weighted by Crippen LogP contribution is 2.28. The van der Waals surface area contributed by atoms with E-state index in [1.165, 1.54) is 4.90 Å². The van der Waals surface area contributed by atoms with Gasteiger partial charge in [-0.1, -0.05) is 20.3 Å². The first-order chi connectivity index (χ1) is 9.24. The smallest absolute Gasteiger partial charge is 0.326 e. The van der Waals surface area contributed by atoms with E-state index in [1.54, 1.807) is 11.9 Å². The molecule has 1 rings (SSSR count). The Balaban J connectivity index is 2.88. The van der Waals surface area contributed by atoms with Gasteiger partial charge in [-0.05, 0) is 39.0 Å². The Kier molecular flexibility index (Phi) is 5.42. The Morgan fingerprint density at radius 3 is 2.40 bits per heavy atom. The number of likely N-dealkylation sites (tertiary alicyclic amines) is 1. The zero-order valence-corrected chi connectivity index (χ0v) is 13.3. The predicted octanol–water partition coefficient (Wildman–Crippen LogP) is 2.80. The molecule has 20 heavy (non-hydrogen) atoms. The van der Waals surface area contributed by atoms with Gasteiger partial charge in [0.05, 0.1) is 0 Å². The van der Waals surface area contributed by atoms with E-state index in [-0.39, 0.29) is 11.6 Å².